The van der Waals surface area contributed by atoms with Gasteiger partial charge in [0.05, 0.1) is 15.7 Å². The number of nitrogens with one attached hydrogen (secondary N) is 2. The van der Waals surface area contributed by atoms with E-state index in [1.807, 2.05) is 18.2 Å². The summed E-state index contributed by atoms with van der Waals surface area (Å²) in [6, 6.07) is 5.49. The van der Waals surface area contributed by atoms with Crippen LogP contribution in [0.3, 0.4) is 0 Å². The number of anilines is 1. The summed E-state index contributed by atoms with van der Waals surface area (Å²) in [6.45, 7) is 8.06. The molecule has 90 valence electrons. The van der Waals surface area contributed by atoms with Gasteiger partial charge >= 0.3 is 0 Å². The maximum atomic E-state index is 6.03. The molecule has 0 aliphatic rings. The Kier molecular flexibility index (Phi) is 4.90. The van der Waals surface area contributed by atoms with Gasteiger partial charge in [-0.1, -0.05) is 29.3 Å². The van der Waals surface area contributed by atoms with Gasteiger partial charge in [0.25, 0.3) is 0 Å². The normalized spacial score (nSPS) is 11.6. The van der Waals surface area contributed by atoms with Gasteiger partial charge in [-0.15, -0.1) is 0 Å². The van der Waals surface area contributed by atoms with Gasteiger partial charge in [0.15, 0.2) is 0 Å². The third-order valence-corrected chi connectivity index (χ3v) is 2.67. The quantitative estimate of drug-likeness (QED) is 0.806. The van der Waals surface area contributed by atoms with Gasteiger partial charge in [-0.3, -0.25) is 0 Å². The number of benzene rings is 1. The smallest absolute Gasteiger partial charge is 0.0719 e. The monoisotopic (exact) mass is 260 g/mol. The second kappa shape index (κ2) is 5.76. The zero-order chi connectivity index (χ0) is 12.2. The fourth-order valence-corrected chi connectivity index (χ4v) is 1.82. The largest absolute Gasteiger partial charge is 0.381 e. The standard InChI is InChI=1S/C12H18Cl2N2/c1-12(2,3)16-8-7-15-11-9(13)5-4-6-10(11)14/h4-6,15-16H,7-8H2,1-3H3. The van der Waals surface area contributed by atoms with E-state index in [9.17, 15) is 0 Å². The number of para-hydroxylation sites is 1. The zero-order valence-electron chi connectivity index (χ0n) is 9.90. The highest BCUT2D eigenvalue weighted by Gasteiger charge is 2.08. The fourth-order valence-electron chi connectivity index (χ4n) is 1.29. The van der Waals surface area contributed by atoms with Gasteiger partial charge in [0, 0.05) is 18.6 Å². The van der Waals surface area contributed by atoms with Crippen LogP contribution in [0.5, 0.6) is 0 Å². The molecule has 0 radical (unpaired) electrons. The number of halogens is 2. The van der Waals surface area contributed by atoms with Crippen molar-refractivity contribution in [2.24, 2.45) is 0 Å². The van der Waals surface area contributed by atoms with Crippen molar-refractivity contribution >= 4 is 28.9 Å². The highest BCUT2D eigenvalue weighted by molar-refractivity contribution is 6.39. The lowest BCUT2D eigenvalue weighted by Gasteiger charge is -2.21. The van der Waals surface area contributed by atoms with Crippen molar-refractivity contribution in [2.75, 3.05) is 18.4 Å². The van der Waals surface area contributed by atoms with E-state index in [1.165, 1.54) is 0 Å². The average molecular weight is 261 g/mol. The number of hydrogen-bond acceptors (Lipinski definition) is 2. The zero-order valence-corrected chi connectivity index (χ0v) is 11.4. The van der Waals surface area contributed by atoms with Crippen LogP contribution in [-0.2, 0) is 0 Å². The molecule has 0 aliphatic carbocycles. The van der Waals surface area contributed by atoms with Crippen LogP contribution in [0.25, 0.3) is 0 Å². The maximum Gasteiger partial charge on any atom is 0.0719 e. The summed E-state index contributed by atoms with van der Waals surface area (Å²) in [5.41, 5.74) is 0.938. The van der Waals surface area contributed by atoms with Gasteiger partial charge in [0.1, 0.15) is 0 Å². The third kappa shape index (κ3) is 4.60. The molecular formula is C12H18Cl2N2. The predicted molar refractivity (Wildman–Crippen MR) is 72.7 cm³/mol. The van der Waals surface area contributed by atoms with Crippen molar-refractivity contribution in [3.8, 4) is 0 Å². The Balaban J connectivity index is 2.43. The van der Waals surface area contributed by atoms with Crippen molar-refractivity contribution in [2.45, 2.75) is 26.3 Å². The summed E-state index contributed by atoms with van der Waals surface area (Å²) in [6.07, 6.45) is 0. The van der Waals surface area contributed by atoms with Crippen LogP contribution in [0.4, 0.5) is 5.69 Å². The summed E-state index contributed by atoms with van der Waals surface area (Å²) in [5, 5.41) is 7.92. The Morgan fingerprint density at radius 2 is 1.62 bits per heavy atom. The van der Waals surface area contributed by atoms with E-state index in [4.69, 9.17) is 23.2 Å². The Morgan fingerprint density at radius 3 is 2.12 bits per heavy atom. The second-order valence-electron chi connectivity index (χ2n) is 4.70. The average Bonchev–Trinajstić information content (AvgIpc) is 2.14. The first-order chi connectivity index (χ1) is 7.40. The molecule has 0 aliphatic heterocycles. The number of hydrogen-bond donors (Lipinski definition) is 2. The first-order valence-electron chi connectivity index (χ1n) is 5.33. The molecule has 1 rings (SSSR count). The van der Waals surface area contributed by atoms with E-state index in [2.05, 4.69) is 31.4 Å². The molecule has 1 aromatic rings. The maximum absolute atomic E-state index is 6.03. The Morgan fingerprint density at radius 1 is 1.06 bits per heavy atom. The van der Waals surface area contributed by atoms with Gasteiger partial charge in [0.2, 0.25) is 0 Å². The second-order valence-corrected chi connectivity index (χ2v) is 5.51. The van der Waals surface area contributed by atoms with Gasteiger partial charge < -0.3 is 10.6 Å². The molecule has 1 aromatic carbocycles. The molecule has 0 bridgehead atoms. The van der Waals surface area contributed by atoms with Gasteiger partial charge in [-0.25, -0.2) is 0 Å². The molecule has 0 saturated carbocycles. The Bertz CT molecular complexity index is 325. The van der Waals surface area contributed by atoms with Crippen LogP contribution in [0, 0.1) is 0 Å². The molecule has 4 heteroatoms. The Labute approximate surface area is 107 Å². The van der Waals surface area contributed by atoms with Crippen LogP contribution in [0.1, 0.15) is 20.8 Å². The molecule has 0 aromatic heterocycles. The van der Waals surface area contributed by atoms with Crippen LogP contribution < -0.4 is 10.6 Å². The van der Waals surface area contributed by atoms with E-state index in [0.29, 0.717) is 10.0 Å². The van der Waals surface area contributed by atoms with Crippen LogP contribution in [-0.4, -0.2) is 18.6 Å². The van der Waals surface area contributed by atoms with Crippen LogP contribution in [0.15, 0.2) is 18.2 Å². The van der Waals surface area contributed by atoms with Crippen molar-refractivity contribution in [3.05, 3.63) is 28.2 Å². The molecule has 16 heavy (non-hydrogen) atoms. The van der Waals surface area contributed by atoms with E-state index >= 15 is 0 Å². The highest BCUT2D eigenvalue weighted by Crippen LogP contribution is 2.29. The molecule has 0 atom stereocenters. The van der Waals surface area contributed by atoms with Crippen LogP contribution >= 0.6 is 23.2 Å². The van der Waals surface area contributed by atoms with E-state index < -0.39 is 0 Å². The fraction of sp³-hybridized carbons (Fsp3) is 0.500. The molecular weight excluding hydrogens is 243 g/mol. The van der Waals surface area contributed by atoms with E-state index in [1.54, 1.807) is 0 Å². The summed E-state index contributed by atoms with van der Waals surface area (Å²) in [5.74, 6) is 0. The van der Waals surface area contributed by atoms with E-state index in [-0.39, 0.29) is 5.54 Å². The first-order valence-corrected chi connectivity index (χ1v) is 6.09. The lowest BCUT2D eigenvalue weighted by Crippen LogP contribution is -2.38. The molecule has 0 amide bonds. The molecule has 2 nitrogen and oxygen atoms in total. The Hall–Kier alpha value is -0.440. The number of rotatable bonds is 4. The molecule has 0 saturated heterocycles. The molecule has 2 N–H and O–H groups in total. The summed E-state index contributed by atoms with van der Waals surface area (Å²) in [4.78, 5) is 0. The van der Waals surface area contributed by atoms with E-state index in [0.717, 1.165) is 18.8 Å². The predicted octanol–water partition coefficient (Wildman–Crippen LogP) is 3.79. The van der Waals surface area contributed by atoms with Crippen LogP contribution in [0.2, 0.25) is 10.0 Å². The molecule has 0 spiro atoms. The molecule has 0 fully saturated rings. The van der Waals surface area contributed by atoms with Crippen molar-refractivity contribution in [3.63, 3.8) is 0 Å². The van der Waals surface area contributed by atoms with Crippen molar-refractivity contribution < 1.29 is 0 Å². The molecule has 0 unspecified atom stereocenters. The summed E-state index contributed by atoms with van der Waals surface area (Å²) in [7, 11) is 0. The van der Waals surface area contributed by atoms with Crippen molar-refractivity contribution in [1.82, 2.24) is 5.32 Å². The van der Waals surface area contributed by atoms with Gasteiger partial charge in [-0.05, 0) is 32.9 Å². The minimum Gasteiger partial charge on any atom is -0.381 e. The van der Waals surface area contributed by atoms with Gasteiger partial charge in [-0.2, -0.15) is 0 Å². The summed E-state index contributed by atoms with van der Waals surface area (Å²) < 4.78 is 0. The molecule has 0 heterocycles. The third-order valence-electron chi connectivity index (χ3n) is 2.04. The first kappa shape index (κ1) is 13.6. The topological polar surface area (TPSA) is 24.1 Å². The SMILES string of the molecule is CC(C)(C)NCCNc1c(Cl)cccc1Cl. The minimum atomic E-state index is 0.131. The highest BCUT2D eigenvalue weighted by atomic mass is 35.5. The van der Waals surface area contributed by atoms with Crippen molar-refractivity contribution in [1.29, 1.82) is 0 Å². The lowest BCUT2D eigenvalue weighted by atomic mass is 10.1. The minimum absolute atomic E-state index is 0.131. The lowest BCUT2D eigenvalue weighted by molar-refractivity contribution is 0.435. The summed E-state index contributed by atoms with van der Waals surface area (Å²) >= 11 is 12.1.